The topological polar surface area (TPSA) is 68.0 Å². The number of benzene rings is 1. The average molecular weight is 207 g/mol. The molecule has 15 heavy (non-hydrogen) atoms. The van der Waals surface area contributed by atoms with E-state index in [1.54, 1.807) is 6.07 Å². The van der Waals surface area contributed by atoms with E-state index in [0.717, 1.165) is 0 Å². The van der Waals surface area contributed by atoms with Crippen molar-refractivity contribution in [2.75, 3.05) is 0 Å². The molecule has 1 aromatic heterocycles. The zero-order chi connectivity index (χ0) is 10.8. The third-order valence-electron chi connectivity index (χ3n) is 1.83. The zero-order valence-corrected chi connectivity index (χ0v) is 7.46. The Morgan fingerprint density at radius 3 is 2.93 bits per heavy atom. The van der Waals surface area contributed by atoms with Gasteiger partial charge in [0.05, 0.1) is 5.69 Å². The van der Waals surface area contributed by atoms with Crippen LogP contribution in [0.25, 0.3) is 5.69 Å². The first kappa shape index (κ1) is 9.32. The first-order valence-corrected chi connectivity index (χ1v) is 4.08. The summed E-state index contributed by atoms with van der Waals surface area (Å²) in [5, 5.41) is 15.6. The zero-order valence-electron chi connectivity index (χ0n) is 7.46. The fourth-order valence-corrected chi connectivity index (χ4v) is 1.20. The molecule has 0 aliphatic carbocycles. The molecule has 2 rings (SSSR count). The summed E-state index contributed by atoms with van der Waals surface area (Å²) in [5.74, 6) is -1.91. The summed E-state index contributed by atoms with van der Waals surface area (Å²) < 4.78 is 14.1. The molecule has 0 amide bonds. The second-order valence-electron chi connectivity index (χ2n) is 2.81. The first-order valence-electron chi connectivity index (χ1n) is 4.08. The molecule has 0 unspecified atom stereocenters. The Balaban J connectivity index is 2.54. The molecule has 0 aliphatic heterocycles. The van der Waals surface area contributed by atoms with Gasteiger partial charge in [-0.25, -0.2) is 9.18 Å². The minimum Gasteiger partial charge on any atom is -0.475 e. The van der Waals surface area contributed by atoms with Crippen molar-refractivity contribution in [2.24, 2.45) is 0 Å². The predicted octanol–water partition coefficient (Wildman–Crippen LogP) is 1.10. The molecule has 0 spiro atoms. The van der Waals surface area contributed by atoms with Gasteiger partial charge in [-0.1, -0.05) is 6.07 Å². The van der Waals surface area contributed by atoms with Crippen LogP contribution >= 0.6 is 0 Å². The maximum atomic E-state index is 12.9. The van der Waals surface area contributed by atoms with Gasteiger partial charge in [-0.3, -0.25) is 4.57 Å². The SMILES string of the molecule is O=C(O)c1nncn1-c1cccc(F)c1. The fourth-order valence-electron chi connectivity index (χ4n) is 1.20. The van der Waals surface area contributed by atoms with E-state index in [1.165, 1.54) is 29.1 Å². The van der Waals surface area contributed by atoms with E-state index in [4.69, 9.17) is 5.11 Å². The largest absolute Gasteiger partial charge is 0.475 e. The molecule has 0 bridgehead atoms. The highest BCUT2D eigenvalue weighted by atomic mass is 19.1. The minimum atomic E-state index is -1.21. The second kappa shape index (κ2) is 3.49. The van der Waals surface area contributed by atoms with E-state index in [-0.39, 0.29) is 5.82 Å². The number of aromatic nitrogens is 3. The predicted molar refractivity (Wildman–Crippen MR) is 48.3 cm³/mol. The highest BCUT2D eigenvalue weighted by Crippen LogP contribution is 2.10. The van der Waals surface area contributed by atoms with Gasteiger partial charge in [-0.15, -0.1) is 10.2 Å². The highest BCUT2D eigenvalue weighted by Gasteiger charge is 2.13. The Kier molecular flexibility index (Phi) is 2.17. The second-order valence-corrected chi connectivity index (χ2v) is 2.81. The van der Waals surface area contributed by atoms with Crippen molar-refractivity contribution in [3.63, 3.8) is 0 Å². The van der Waals surface area contributed by atoms with Crippen molar-refractivity contribution in [1.29, 1.82) is 0 Å². The van der Waals surface area contributed by atoms with Gasteiger partial charge in [0.15, 0.2) is 0 Å². The van der Waals surface area contributed by atoms with Crippen molar-refractivity contribution < 1.29 is 14.3 Å². The summed E-state index contributed by atoms with van der Waals surface area (Å²) in [5.41, 5.74) is 0.373. The Morgan fingerprint density at radius 2 is 2.27 bits per heavy atom. The average Bonchev–Trinajstić information content (AvgIpc) is 2.65. The van der Waals surface area contributed by atoms with Gasteiger partial charge in [0, 0.05) is 0 Å². The third-order valence-corrected chi connectivity index (χ3v) is 1.83. The molecular weight excluding hydrogens is 201 g/mol. The van der Waals surface area contributed by atoms with Gasteiger partial charge in [0.2, 0.25) is 5.82 Å². The molecule has 1 aromatic carbocycles. The quantitative estimate of drug-likeness (QED) is 0.800. The monoisotopic (exact) mass is 207 g/mol. The Labute approximate surface area is 83.8 Å². The Hall–Kier alpha value is -2.24. The fraction of sp³-hybridized carbons (Fsp3) is 0. The maximum Gasteiger partial charge on any atom is 0.374 e. The van der Waals surface area contributed by atoms with Gasteiger partial charge < -0.3 is 5.11 Å². The molecule has 1 N–H and O–H groups in total. The van der Waals surface area contributed by atoms with Crippen LogP contribution in [0.15, 0.2) is 30.6 Å². The third kappa shape index (κ3) is 1.69. The standard InChI is InChI=1S/C9H6FN3O2/c10-6-2-1-3-7(4-6)13-5-11-12-8(13)9(14)15/h1-5H,(H,14,15). The van der Waals surface area contributed by atoms with E-state index in [9.17, 15) is 9.18 Å². The molecule has 0 saturated carbocycles. The normalized spacial score (nSPS) is 10.2. The van der Waals surface area contributed by atoms with E-state index >= 15 is 0 Å². The van der Waals surface area contributed by atoms with Crippen LogP contribution in [-0.4, -0.2) is 25.8 Å². The van der Waals surface area contributed by atoms with Crippen LogP contribution in [0, 0.1) is 5.82 Å². The number of carboxylic acid groups (broad SMARTS) is 1. The molecule has 0 atom stereocenters. The van der Waals surface area contributed by atoms with Crippen LogP contribution < -0.4 is 0 Å². The summed E-state index contributed by atoms with van der Waals surface area (Å²) in [7, 11) is 0. The summed E-state index contributed by atoms with van der Waals surface area (Å²) in [6, 6.07) is 5.53. The number of rotatable bonds is 2. The molecule has 0 saturated heterocycles. The number of carboxylic acids is 1. The number of nitrogens with zero attached hydrogens (tertiary/aromatic N) is 3. The molecule has 0 radical (unpaired) electrons. The van der Waals surface area contributed by atoms with Gasteiger partial charge in [-0.05, 0) is 18.2 Å². The van der Waals surface area contributed by atoms with Crippen LogP contribution in [0.2, 0.25) is 0 Å². The van der Waals surface area contributed by atoms with Crippen molar-refractivity contribution in [3.8, 4) is 5.69 Å². The first-order chi connectivity index (χ1) is 7.18. The van der Waals surface area contributed by atoms with Crippen LogP contribution in [0.5, 0.6) is 0 Å². The molecule has 2 aromatic rings. The summed E-state index contributed by atoms with van der Waals surface area (Å²) in [4.78, 5) is 10.7. The van der Waals surface area contributed by atoms with Gasteiger partial charge >= 0.3 is 5.97 Å². The van der Waals surface area contributed by atoms with E-state index in [0.29, 0.717) is 5.69 Å². The summed E-state index contributed by atoms with van der Waals surface area (Å²) >= 11 is 0. The van der Waals surface area contributed by atoms with E-state index in [1.807, 2.05) is 0 Å². The Bertz CT molecular complexity index is 510. The molecule has 5 nitrogen and oxygen atoms in total. The van der Waals surface area contributed by atoms with Gasteiger partial charge in [0.1, 0.15) is 12.1 Å². The molecule has 76 valence electrons. The van der Waals surface area contributed by atoms with E-state index in [2.05, 4.69) is 10.2 Å². The van der Waals surface area contributed by atoms with Crippen LogP contribution in [0.1, 0.15) is 10.6 Å². The lowest BCUT2D eigenvalue weighted by Gasteiger charge is -2.02. The summed E-state index contributed by atoms with van der Waals surface area (Å²) in [6.07, 6.45) is 1.22. The maximum absolute atomic E-state index is 12.9. The number of aromatic carboxylic acids is 1. The van der Waals surface area contributed by atoms with E-state index < -0.39 is 11.8 Å². The molecule has 6 heteroatoms. The minimum absolute atomic E-state index is 0.249. The van der Waals surface area contributed by atoms with Crippen molar-refractivity contribution in [1.82, 2.24) is 14.8 Å². The Morgan fingerprint density at radius 1 is 1.47 bits per heavy atom. The smallest absolute Gasteiger partial charge is 0.374 e. The number of hydrogen-bond acceptors (Lipinski definition) is 3. The van der Waals surface area contributed by atoms with Gasteiger partial charge in [-0.2, -0.15) is 0 Å². The summed E-state index contributed by atoms with van der Waals surface area (Å²) in [6.45, 7) is 0. The lowest BCUT2D eigenvalue weighted by atomic mass is 10.3. The number of halogens is 1. The van der Waals surface area contributed by atoms with Crippen LogP contribution in [0.4, 0.5) is 4.39 Å². The highest BCUT2D eigenvalue weighted by molar-refractivity contribution is 5.84. The molecular formula is C9H6FN3O2. The number of carbonyl (C=O) groups is 1. The van der Waals surface area contributed by atoms with Crippen molar-refractivity contribution in [3.05, 3.63) is 42.2 Å². The lowest BCUT2D eigenvalue weighted by molar-refractivity contribution is 0.0681. The molecule has 0 aliphatic rings. The number of hydrogen-bond donors (Lipinski definition) is 1. The molecule has 0 fully saturated rings. The molecule has 1 heterocycles. The lowest BCUT2D eigenvalue weighted by Crippen LogP contribution is -2.07. The van der Waals surface area contributed by atoms with Gasteiger partial charge in [0.25, 0.3) is 0 Å². The van der Waals surface area contributed by atoms with Crippen LogP contribution in [0.3, 0.4) is 0 Å². The van der Waals surface area contributed by atoms with Crippen molar-refractivity contribution in [2.45, 2.75) is 0 Å². The van der Waals surface area contributed by atoms with Crippen molar-refractivity contribution >= 4 is 5.97 Å². The van der Waals surface area contributed by atoms with Crippen LogP contribution in [-0.2, 0) is 0 Å².